The summed E-state index contributed by atoms with van der Waals surface area (Å²) in [6.45, 7) is 9.67. The van der Waals surface area contributed by atoms with E-state index < -0.39 is 16.3 Å². The first-order valence-corrected chi connectivity index (χ1v) is 14.3. The van der Waals surface area contributed by atoms with Gasteiger partial charge in [0.25, 0.3) is 0 Å². The van der Waals surface area contributed by atoms with Crippen molar-refractivity contribution in [3.8, 4) is 11.5 Å². The van der Waals surface area contributed by atoms with Gasteiger partial charge in [-0.25, -0.2) is 15.0 Å². The van der Waals surface area contributed by atoms with E-state index in [1.807, 2.05) is 6.33 Å². The molecule has 0 amide bonds. The van der Waals surface area contributed by atoms with E-state index in [1.54, 1.807) is 6.33 Å². The van der Waals surface area contributed by atoms with Crippen LogP contribution in [0, 0.1) is 0 Å². The molecule has 0 atom stereocenters. The quantitative estimate of drug-likeness (QED) is 0.774. The Morgan fingerprint density at radius 2 is 1.70 bits per heavy atom. The Morgan fingerprint density at radius 1 is 1.00 bits per heavy atom. The third kappa shape index (κ3) is 2.44. The highest BCUT2D eigenvalue weighted by molar-refractivity contribution is 7.04. The summed E-state index contributed by atoms with van der Waals surface area (Å²) in [4.78, 5) is 13.3. The molecule has 1 saturated heterocycles. The molecule has 0 aromatic carbocycles. The smallest absolute Gasteiger partial charge is 0.184 e. The van der Waals surface area contributed by atoms with Gasteiger partial charge in [-0.05, 0) is 17.8 Å². The second kappa shape index (κ2) is 6.01. The molecule has 3 heterocycles. The zero-order valence-corrected chi connectivity index (χ0v) is 17.1. The molecular weight excluding hydrogens is 318 g/mol. The summed E-state index contributed by atoms with van der Waals surface area (Å²) in [6, 6.07) is 5.46. The predicted octanol–water partition coefficient (Wildman–Crippen LogP) is 3.69. The van der Waals surface area contributed by atoms with Crippen LogP contribution in [0.4, 0.5) is 5.82 Å². The standard InChI is InChI=1S/C16H29N5Si2/c1-6-22(7-2)12-21(23(8-3,9-4)13-22)16-14-15(18-10-17-14)19-11-20(16)5/h10-11H,6-9,12-13H2,1-5H3. The van der Waals surface area contributed by atoms with E-state index in [0.717, 1.165) is 11.5 Å². The normalized spacial score (nSPS) is 19.6. The Bertz CT molecular complexity index is 648. The Labute approximate surface area is 141 Å². The molecule has 0 N–H and O–H groups in total. The highest BCUT2D eigenvalue weighted by Crippen LogP contribution is 2.45. The Morgan fingerprint density at radius 3 is 2.30 bits per heavy atom. The number of nitrogens with zero attached hydrogens (tertiary/aromatic N) is 5. The highest BCUT2D eigenvalue weighted by Gasteiger charge is 2.53. The molecule has 0 aliphatic carbocycles. The van der Waals surface area contributed by atoms with Crippen LogP contribution in [0.15, 0.2) is 12.7 Å². The summed E-state index contributed by atoms with van der Waals surface area (Å²) < 4.78 is 5.00. The number of hydrogen-bond acceptors (Lipinski definition) is 4. The van der Waals surface area contributed by atoms with E-state index in [4.69, 9.17) is 0 Å². The van der Waals surface area contributed by atoms with Crippen molar-refractivity contribution in [1.29, 1.82) is 0 Å². The van der Waals surface area contributed by atoms with Crippen molar-refractivity contribution in [1.82, 2.24) is 19.5 Å². The maximum atomic E-state index is 4.56. The van der Waals surface area contributed by atoms with Crippen LogP contribution in [-0.2, 0) is 7.05 Å². The fourth-order valence-corrected chi connectivity index (χ4v) is 21.3. The molecule has 0 aromatic heterocycles. The number of anilines is 1. The van der Waals surface area contributed by atoms with Crippen LogP contribution in [0.2, 0.25) is 29.8 Å². The largest absolute Gasteiger partial charge is 0.385 e. The summed E-state index contributed by atoms with van der Waals surface area (Å²) in [6.07, 6.45) is 4.87. The van der Waals surface area contributed by atoms with Crippen molar-refractivity contribution in [2.45, 2.75) is 57.5 Å². The summed E-state index contributed by atoms with van der Waals surface area (Å²) in [7, 11) is -0.547. The van der Waals surface area contributed by atoms with Gasteiger partial charge in [0.05, 0.1) is 14.4 Å². The van der Waals surface area contributed by atoms with Crippen LogP contribution in [0.3, 0.4) is 0 Å². The zero-order valence-electron chi connectivity index (χ0n) is 15.1. The van der Waals surface area contributed by atoms with Crippen LogP contribution < -0.4 is 4.57 Å². The lowest BCUT2D eigenvalue weighted by atomic mass is 10.4. The maximum absolute atomic E-state index is 4.56. The monoisotopic (exact) mass is 347 g/mol. The first kappa shape index (κ1) is 16.6. The molecule has 0 unspecified atom stereocenters. The SMILES string of the molecule is CC[Si]1(CC)CN(c2c3ncnc-3ncn2C)[Si](CC)(CC)C1. The number of rotatable bonds is 5. The zero-order chi connectivity index (χ0) is 16.7. The summed E-state index contributed by atoms with van der Waals surface area (Å²) >= 11 is 0. The average molecular weight is 348 g/mol. The van der Waals surface area contributed by atoms with Crippen molar-refractivity contribution in [3.63, 3.8) is 0 Å². The molecule has 1 fully saturated rings. The van der Waals surface area contributed by atoms with Gasteiger partial charge in [0.15, 0.2) is 14.1 Å². The molecule has 0 aromatic rings. The van der Waals surface area contributed by atoms with Gasteiger partial charge >= 0.3 is 0 Å². The summed E-state index contributed by atoms with van der Waals surface area (Å²) in [5, 5.41) is 0. The van der Waals surface area contributed by atoms with Crippen LogP contribution in [0.25, 0.3) is 11.5 Å². The number of fused-ring (bicyclic) bond motifs is 1. The molecule has 0 radical (unpaired) electrons. The van der Waals surface area contributed by atoms with E-state index in [1.165, 1.54) is 41.8 Å². The molecule has 3 aliphatic heterocycles. The maximum Gasteiger partial charge on any atom is 0.184 e. The van der Waals surface area contributed by atoms with E-state index in [-0.39, 0.29) is 0 Å². The van der Waals surface area contributed by atoms with E-state index in [9.17, 15) is 0 Å². The topological polar surface area (TPSA) is 46.8 Å². The number of imidazole rings is 1. The highest BCUT2D eigenvalue weighted by atomic mass is 28.4. The fraction of sp³-hybridized carbons (Fsp3) is 0.688. The molecule has 126 valence electrons. The lowest BCUT2D eigenvalue weighted by molar-refractivity contribution is 0.839. The Balaban J connectivity index is 2.15. The van der Waals surface area contributed by atoms with Gasteiger partial charge in [0, 0.05) is 13.2 Å². The summed E-state index contributed by atoms with van der Waals surface area (Å²) in [5.74, 6) is 2.07. The molecule has 0 saturated carbocycles. The van der Waals surface area contributed by atoms with Crippen LogP contribution in [0.5, 0.6) is 0 Å². The minimum atomic E-state index is -1.47. The first-order chi connectivity index (χ1) is 11.0. The van der Waals surface area contributed by atoms with Crippen LogP contribution in [0.1, 0.15) is 27.7 Å². The molecular formula is C16H29N5Si2. The molecule has 3 rings (SSSR count). The van der Waals surface area contributed by atoms with Crippen LogP contribution in [-0.4, -0.2) is 42.0 Å². The van der Waals surface area contributed by atoms with E-state index in [2.05, 4.69) is 58.8 Å². The summed E-state index contributed by atoms with van der Waals surface area (Å²) in [5.41, 5.74) is 2.53. The predicted molar refractivity (Wildman–Crippen MR) is 101 cm³/mol. The fourth-order valence-electron chi connectivity index (χ4n) is 4.45. The minimum absolute atomic E-state index is 0.792. The lowest BCUT2D eigenvalue weighted by Crippen LogP contribution is -2.49. The van der Waals surface area contributed by atoms with Crippen molar-refractivity contribution < 1.29 is 0 Å². The Kier molecular flexibility index (Phi) is 4.35. The van der Waals surface area contributed by atoms with Crippen molar-refractivity contribution in [2.75, 3.05) is 10.7 Å². The number of aromatic nitrogens is 4. The first-order valence-electron chi connectivity index (χ1n) is 8.94. The third-order valence-corrected chi connectivity index (χ3v) is 20.4. The van der Waals surface area contributed by atoms with Gasteiger partial charge in [0.1, 0.15) is 17.8 Å². The number of hydrogen-bond donors (Lipinski definition) is 0. The second-order valence-electron chi connectivity index (χ2n) is 7.13. The molecule has 0 bridgehead atoms. The molecule has 0 spiro atoms. The van der Waals surface area contributed by atoms with Crippen LogP contribution >= 0.6 is 0 Å². The van der Waals surface area contributed by atoms with Gasteiger partial charge in [-0.15, -0.1) is 0 Å². The second-order valence-corrected chi connectivity index (χ2v) is 17.7. The molecule has 5 nitrogen and oxygen atoms in total. The third-order valence-electron chi connectivity index (χ3n) is 6.32. The van der Waals surface area contributed by atoms with Gasteiger partial charge in [-0.3, -0.25) is 0 Å². The van der Waals surface area contributed by atoms with Crippen molar-refractivity contribution in [3.05, 3.63) is 12.7 Å². The van der Waals surface area contributed by atoms with Crippen molar-refractivity contribution >= 4 is 22.1 Å². The van der Waals surface area contributed by atoms with Gasteiger partial charge in [-0.2, -0.15) is 0 Å². The molecule has 7 heteroatoms. The molecule has 3 aliphatic rings. The van der Waals surface area contributed by atoms with E-state index >= 15 is 0 Å². The molecule has 23 heavy (non-hydrogen) atoms. The number of aryl methyl sites for hydroxylation is 1. The lowest BCUT2D eigenvalue weighted by Gasteiger charge is -2.38. The van der Waals surface area contributed by atoms with Gasteiger partial charge < -0.3 is 9.13 Å². The van der Waals surface area contributed by atoms with Gasteiger partial charge in [0.2, 0.25) is 0 Å². The van der Waals surface area contributed by atoms with Crippen molar-refractivity contribution in [2.24, 2.45) is 7.05 Å². The van der Waals surface area contributed by atoms with E-state index in [0.29, 0.717) is 0 Å². The minimum Gasteiger partial charge on any atom is -0.385 e. The average Bonchev–Trinajstić information content (AvgIpc) is 3.18. The van der Waals surface area contributed by atoms with Gasteiger partial charge in [-0.1, -0.05) is 39.8 Å². The Hall–Kier alpha value is -1.22.